The Bertz CT molecular complexity index is 523. The minimum Gasteiger partial charge on any atom is -0.464 e. The Morgan fingerprint density at radius 3 is 2.63 bits per heavy atom. The van der Waals surface area contributed by atoms with Crippen LogP contribution in [0.2, 0.25) is 0 Å². The van der Waals surface area contributed by atoms with Gasteiger partial charge in [0.15, 0.2) is 0 Å². The number of amidine groups is 1. The van der Waals surface area contributed by atoms with Crippen molar-refractivity contribution in [3.05, 3.63) is 34.9 Å². The molecule has 1 aliphatic heterocycles. The van der Waals surface area contributed by atoms with Crippen molar-refractivity contribution in [1.82, 2.24) is 10.9 Å². The van der Waals surface area contributed by atoms with Crippen molar-refractivity contribution in [3.63, 3.8) is 0 Å². The van der Waals surface area contributed by atoms with Gasteiger partial charge in [0.1, 0.15) is 17.5 Å². The van der Waals surface area contributed by atoms with Gasteiger partial charge in [-0.25, -0.2) is 19.0 Å². The average Bonchev–Trinajstić information content (AvgIpc) is 2.73. The Morgan fingerprint density at radius 2 is 2.05 bits per heavy atom. The third-order valence-electron chi connectivity index (χ3n) is 2.84. The number of nitrogens with one attached hydrogen (secondary N) is 2. The highest BCUT2D eigenvalue weighted by Crippen LogP contribution is 2.32. The maximum atomic E-state index is 13.8. The molecule has 5 nitrogen and oxygen atoms in total. The van der Waals surface area contributed by atoms with Gasteiger partial charge in [0.2, 0.25) is 0 Å². The lowest BCUT2D eigenvalue weighted by molar-refractivity contribution is 0.192. The summed E-state index contributed by atoms with van der Waals surface area (Å²) in [5.41, 5.74) is 4.77. The van der Waals surface area contributed by atoms with Crippen molar-refractivity contribution in [2.24, 2.45) is 4.99 Å². The predicted octanol–water partition coefficient (Wildman–Crippen LogP) is 2.28. The topological polar surface area (TPSA) is 73.7 Å². The van der Waals surface area contributed by atoms with E-state index in [0.717, 1.165) is 0 Å². The summed E-state index contributed by atoms with van der Waals surface area (Å²) in [5, 5.41) is 8.43. The molecule has 0 bridgehead atoms. The summed E-state index contributed by atoms with van der Waals surface area (Å²) in [7, 11) is 0. The van der Waals surface area contributed by atoms with Gasteiger partial charge in [-0.05, 0) is 31.0 Å². The number of hydrazine groups is 1. The number of hydrogen-bond acceptors (Lipinski definition) is 3. The van der Waals surface area contributed by atoms with Crippen molar-refractivity contribution >= 4 is 11.9 Å². The van der Waals surface area contributed by atoms with Crippen LogP contribution in [0.3, 0.4) is 0 Å². The van der Waals surface area contributed by atoms with Crippen molar-refractivity contribution in [2.45, 2.75) is 25.8 Å². The van der Waals surface area contributed by atoms with Crippen LogP contribution in [0.15, 0.2) is 17.1 Å². The van der Waals surface area contributed by atoms with E-state index in [4.69, 9.17) is 5.11 Å². The summed E-state index contributed by atoms with van der Waals surface area (Å²) >= 11 is 0. The molecule has 0 fully saturated rings. The van der Waals surface area contributed by atoms with Crippen molar-refractivity contribution < 1.29 is 18.7 Å². The third kappa shape index (κ3) is 2.98. The fourth-order valence-electron chi connectivity index (χ4n) is 2.05. The summed E-state index contributed by atoms with van der Waals surface area (Å²) in [4.78, 5) is 14.4. The van der Waals surface area contributed by atoms with E-state index in [2.05, 4.69) is 10.4 Å². The number of benzene rings is 1. The molecular formula is C12H13F2N3O2. The van der Waals surface area contributed by atoms with Gasteiger partial charge in [-0.3, -0.25) is 10.4 Å². The quantitative estimate of drug-likeness (QED) is 0.685. The van der Waals surface area contributed by atoms with Gasteiger partial charge < -0.3 is 5.11 Å². The van der Waals surface area contributed by atoms with Crippen LogP contribution in [0, 0.1) is 18.6 Å². The molecule has 2 rings (SSSR count). The van der Waals surface area contributed by atoms with Crippen LogP contribution in [0.4, 0.5) is 13.6 Å². The molecular weight excluding hydrogens is 256 g/mol. The molecule has 3 N–H and O–H groups in total. The summed E-state index contributed by atoms with van der Waals surface area (Å²) in [6, 6.07) is 1.89. The molecule has 0 saturated carbocycles. The van der Waals surface area contributed by atoms with E-state index in [1.54, 1.807) is 6.92 Å². The second kappa shape index (κ2) is 5.21. The molecule has 0 aromatic heterocycles. The van der Waals surface area contributed by atoms with Crippen LogP contribution < -0.4 is 10.9 Å². The highest BCUT2D eigenvalue weighted by Gasteiger charge is 2.25. The molecule has 1 aromatic carbocycles. The van der Waals surface area contributed by atoms with E-state index in [-0.39, 0.29) is 5.56 Å². The van der Waals surface area contributed by atoms with Crippen LogP contribution in [0.1, 0.15) is 30.0 Å². The van der Waals surface area contributed by atoms with Gasteiger partial charge in [-0.1, -0.05) is 0 Å². The lowest BCUT2D eigenvalue weighted by atomic mass is 10.0. The van der Waals surface area contributed by atoms with Gasteiger partial charge in [-0.15, -0.1) is 0 Å². The highest BCUT2D eigenvalue weighted by atomic mass is 19.1. The van der Waals surface area contributed by atoms with E-state index < -0.39 is 23.8 Å². The molecule has 7 heteroatoms. The lowest BCUT2D eigenvalue weighted by Crippen LogP contribution is -2.39. The minimum atomic E-state index is -1.25. The number of halogens is 2. The van der Waals surface area contributed by atoms with Gasteiger partial charge in [0.25, 0.3) is 0 Å². The van der Waals surface area contributed by atoms with Gasteiger partial charge in [-0.2, -0.15) is 0 Å². The maximum absolute atomic E-state index is 13.8. The number of amides is 1. The standard InChI is InChI=1S/C12H13F2N3O2/c1-6-4-7(13)11(8(14)5-6)9-2-3-10(15-9)16-17-12(18)19/h4-5,9,17H,2-3H2,1H3,(H,15,16)(H,18,19). The second-order valence-electron chi connectivity index (χ2n) is 4.33. The Morgan fingerprint density at radius 1 is 1.42 bits per heavy atom. The third-order valence-corrected chi connectivity index (χ3v) is 2.84. The van der Waals surface area contributed by atoms with Gasteiger partial charge in [0.05, 0.1) is 6.04 Å². The van der Waals surface area contributed by atoms with Crippen LogP contribution in [-0.4, -0.2) is 17.0 Å². The fourth-order valence-corrected chi connectivity index (χ4v) is 2.05. The zero-order chi connectivity index (χ0) is 14.0. The zero-order valence-corrected chi connectivity index (χ0v) is 10.2. The first-order chi connectivity index (χ1) is 8.97. The predicted molar refractivity (Wildman–Crippen MR) is 64.8 cm³/mol. The van der Waals surface area contributed by atoms with E-state index in [1.165, 1.54) is 12.1 Å². The zero-order valence-electron chi connectivity index (χ0n) is 10.2. The first kappa shape index (κ1) is 13.3. The SMILES string of the molecule is Cc1cc(F)c(C2CCC(NNC(=O)O)=N2)c(F)c1. The van der Waals surface area contributed by atoms with E-state index in [1.807, 2.05) is 5.43 Å². The molecule has 0 radical (unpaired) electrons. The Labute approximate surface area is 108 Å². The number of carbonyl (C=O) groups is 1. The summed E-state index contributed by atoms with van der Waals surface area (Å²) in [6.07, 6.45) is -0.392. The summed E-state index contributed by atoms with van der Waals surface area (Å²) < 4.78 is 27.5. The molecule has 1 heterocycles. The Balaban J connectivity index is 2.18. The minimum absolute atomic E-state index is 0.0716. The normalized spacial score (nSPS) is 18.1. The van der Waals surface area contributed by atoms with Crippen LogP contribution in [0.25, 0.3) is 0 Å². The van der Waals surface area contributed by atoms with Crippen LogP contribution in [0.5, 0.6) is 0 Å². The molecule has 0 saturated heterocycles. The van der Waals surface area contributed by atoms with Crippen LogP contribution in [-0.2, 0) is 0 Å². The number of aryl methyl sites for hydroxylation is 1. The smallest absolute Gasteiger partial charge is 0.423 e. The number of carboxylic acid groups (broad SMARTS) is 1. The molecule has 1 atom stereocenters. The highest BCUT2D eigenvalue weighted by molar-refractivity contribution is 5.85. The number of rotatable bonds is 1. The van der Waals surface area contributed by atoms with Gasteiger partial charge >= 0.3 is 6.09 Å². The fraction of sp³-hybridized carbons (Fsp3) is 0.333. The largest absolute Gasteiger partial charge is 0.464 e. The molecule has 1 aromatic rings. The molecule has 19 heavy (non-hydrogen) atoms. The lowest BCUT2D eigenvalue weighted by Gasteiger charge is -2.10. The molecule has 1 unspecified atom stereocenters. The van der Waals surface area contributed by atoms with Crippen LogP contribution >= 0.6 is 0 Å². The first-order valence-corrected chi connectivity index (χ1v) is 5.74. The van der Waals surface area contributed by atoms with Crippen molar-refractivity contribution in [2.75, 3.05) is 0 Å². The summed E-state index contributed by atoms with van der Waals surface area (Å²) in [6.45, 7) is 1.61. The Hall–Kier alpha value is -2.18. The monoisotopic (exact) mass is 269 g/mol. The van der Waals surface area contributed by atoms with Crippen molar-refractivity contribution in [1.29, 1.82) is 0 Å². The van der Waals surface area contributed by atoms with Crippen molar-refractivity contribution in [3.8, 4) is 0 Å². The summed E-state index contributed by atoms with van der Waals surface area (Å²) in [5.74, 6) is -0.885. The van der Waals surface area contributed by atoms with E-state index in [0.29, 0.717) is 24.2 Å². The molecule has 0 aliphatic carbocycles. The number of hydrogen-bond donors (Lipinski definition) is 3. The van der Waals surface area contributed by atoms with E-state index in [9.17, 15) is 13.6 Å². The first-order valence-electron chi connectivity index (χ1n) is 5.74. The maximum Gasteiger partial charge on any atom is 0.423 e. The number of aliphatic imine (C=N–C) groups is 1. The van der Waals surface area contributed by atoms with Gasteiger partial charge in [0, 0.05) is 12.0 Å². The molecule has 1 amide bonds. The molecule has 102 valence electrons. The number of nitrogens with zero attached hydrogens (tertiary/aromatic N) is 1. The van der Waals surface area contributed by atoms with E-state index >= 15 is 0 Å². The average molecular weight is 269 g/mol. The molecule has 1 aliphatic rings. The second-order valence-corrected chi connectivity index (χ2v) is 4.33. The molecule has 0 spiro atoms. The Kier molecular flexibility index (Phi) is 3.64.